The molecule has 0 spiro atoms. The van der Waals surface area contributed by atoms with Gasteiger partial charge in [-0.2, -0.15) is 0 Å². The van der Waals surface area contributed by atoms with Crippen molar-refractivity contribution in [2.75, 3.05) is 36.4 Å². The maximum Gasteiger partial charge on any atom is 0.324 e. The Bertz CT molecular complexity index is 815. The number of carbonyl (C=O) groups excluding carboxylic acids is 1. The molecule has 136 valence electrons. The molecule has 1 saturated heterocycles. The Kier molecular flexibility index (Phi) is 4.77. The van der Waals surface area contributed by atoms with E-state index in [0.29, 0.717) is 17.5 Å². The van der Waals surface area contributed by atoms with E-state index < -0.39 is 0 Å². The van der Waals surface area contributed by atoms with Crippen LogP contribution in [0.2, 0.25) is 5.02 Å². The van der Waals surface area contributed by atoms with Crippen molar-refractivity contribution in [1.82, 2.24) is 4.90 Å². The maximum absolute atomic E-state index is 13.1. The van der Waals surface area contributed by atoms with Gasteiger partial charge in [-0.1, -0.05) is 35.9 Å². The summed E-state index contributed by atoms with van der Waals surface area (Å²) in [5.74, 6) is 0.550. The SMILES string of the molecule is Cc1ccccc1C1CCN(C(=O)N2CCNc3cc(Cl)ccc32)CC1. The summed E-state index contributed by atoms with van der Waals surface area (Å²) in [6.45, 7) is 5.23. The van der Waals surface area contributed by atoms with E-state index in [1.54, 1.807) is 0 Å². The monoisotopic (exact) mass is 369 g/mol. The molecule has 2 aromatic rings. The van der Waals surface area contributed by atoms with Crippen LogP contribution in [-0.2, 0) is 0 Å². The lowest BCUT2D eigenvalue weighted by Gasteiger charge is -2.38. The minimum absolute atomic E-state index is 0.110. The zero-order valence-corrected chi connectivity index (χ0v) is 15.8. The summed E-state index contributed by atoms with van der Waals surface area (Å²) >= 11 is 6.09. The van der Waals surface area contributed by atoms with Gasteiger partial charge < -0.3 is 10.2 Å². The number of hydrogen-bond donors (Lipinski definition) is 1. The second-order valence-corrected chi connectivity index (χ2v) is 7.58. The largest absolute Gasteiger partial charge is 0.382 e. The van der Waals surface area contributed by atoms with E-state index in [-0.39, 0.29) is 6.03 Å². The van der Waals surface area contributed by atoms with Crippen LogP contribution in [0, 0.1) is 6.92 Å². The van der Waals surface area contributed by atoms with Crippen molar-refractivity contribution in [2.24, 2.45) is 0 Å². The minimum atomic E-state index is 0.110. The topological polar surface area (TPSA) is 35.6 Å². The van der Waals surface area contributed by atoms with E-state index >= 15 is 0 Å². The van der Waals surface area contributed by atoms with Gasteiger partial charge in [-0.3, -0.25) is 4.90 Å². The molecule has 0 bridgehead atoms. The van der Waals surface area contributed by atoms with Crippen molar-refractivity contribution in [3.63, 3.8) is 0 Å². The number of amides is 2. The molecule has 26 heavy (non-hydrogen) atoms. The fraction of sp³-hybridized carbons (Fsp3) is 0.381. The lowest BCUT2D eigenvalue weighted by molar-refractivity contribution is 0.188. The molecule has 2 aliphatic heterocycles. The predicted molar refractivity (Wildman–Crippen MR) is 107 cm³/mol. The van der Waals surface area contributed by atoms with Gasteiger partial charge in [0.05, 0.1) is 11.4 Å². The zero-order chi connectivity index (χ0) is 18.1. The Hall–Kier alpha value is -2.20. The van der Waals surface area contributed by atoms with Crippen molar-refractivity contribution in [2.45, 2.75) is 25.7 Å². The maximum atomic E-state index is 13.1. The molecule has 0 aliphatic carbocycles. The Labute approximate surface area is 159 Å². The Morgan fingerprint density at radius 3 is 2.65 bits per heavy atom. The summed E-state index contributed by atoms with van der Waals surface area (Å²) in [6, 6.07) is 14.4. The van der Waals surface area contributed by atoms with Crippen LogP contribution >= 0.6 is 11.6 Å². The van der Waals surface area contributed by atoms with E-state index in [1.807, 2.05) is 28.0 Å². The van der Waals surface area contributed by atoms with Gasteiger partial charge >= 0.3 is 6.03 Å². The van der Waals surface area contributed by atoms with Crippen LogP contribution in [0.15, 0.2) is 42.5 Å². The zero-order valence-electron chi connectivity index (χ0n) is 15.0. The predicted octanol–water partition coefficient (Wildman–Crippen LogP) is 4.88. The minimum Gasteiger partial charge on any atom is -0.382 e. The third kappa shape index (κ3) is 3.26. The van der Waals surface area contributed by atoms with Crippen molar-refractivity contribution in [3.05, 3.63) is 58.6 Å². The van der Waals surface area contributed by atoms with Crippen LogP contribution in [0.1, 0.15) is 29.9 Å². The second kappa shape index (κ2) is 7.20. The van der Waals surface area contributed by atoms with Crippen LogP contribution in [0.4, 0.5) is 16.2 Å². The van der Waals surface area contributed by atoms with Crippen molar-refractivity contribution in [1.29, 1.82) is 0 Å². The Morgan fingerprint density at radius 1 is 1.12 bits per heavy atom. The third-order valence-corrected chi connectivity index (χ3v) is 5.76. The van der Waals surface area contributed by atoms with Gasteiger partial charge in [0, 0.05) is 31.2 Å². The highest BCUT2D eigenvalue weighted by Gasteiger charge is 2.30. The van der Waals surface area contributed by atoms with Gasteiger partial charge in [-0.25, -0.2) is 4.79 Å². The molecule has 2 heterocycles. The molecule has 5 heteroatoms. The third-order valence-electron chi connectivity index (χ3n) is 5.52. The number of anilines is 2. The number of piperidine rings is 1. The first-order chi connectivity index (χ1) is 12.6. The van der Waals surface area contributed by atoms with Crippen molar-refractivity contribution in [3.8, 4) is 0 Å². The smallest absolute Gasteiger partial charge is 0.324 e. The van der Waals surface area contributed by atoms with Gasteiger partial charge in [-0.15, -0.1) is 0 Å². The number of hydrogen-bond acceptors (Lipinski definition) is 2. The second-order valence-electron chi connectivity index (χ2n) is 7.14. The molecule has 2 amide bonds. The highest BCUT2D eigenvalue weighted by Crippen LogP contribution is 2.34. The summed E-state index contributed by atoms with van der Waals surface area (Å²) in [7, 11) is 0. The van der Waals surface area contributed by atoms with E-state index in [4.69, 9.17) is 11.6 Å². The molecular formula is C21H24ClN3O. The van der Waals surface area contributed by atoms with Crippen LogP contribution < -0.4 is 10.2 Å². The lowest BCUT2D eigenvalue weighted by atomic mass is 9.87. The summed E-state index contributed by atoms with van der Waals surface area (Å²) in [5.41, 5.74) is 4.64. The van der Waals surface area contributed by atoms with Gasteiger partial charge in [0.15, 0.2) is 0 Å². The fourth-order valence-corrected chi connectivity index (χ4v) is 4.28. The van der Waals surface area contributed by atoms with E-state index in [9.17, 15) is 4.79 Å². The molecule has 1 fully saturated rings. The summed E-state index contributed by atoms with van der Waals surface area (Å²) in [4.78, 5) is 17.0. The number of likely N-dealkylation sites (tertiary alicyclic amines) is 1. The number of rotatable bonds is 1. The first kappa shape index (κ1) is 17.2. The average Bonchev–Trinajstić information content (AvgIpc) is 2.67. The lowest BCUT2D eigenvalue weighted by Crippen LogP contribution is -2.49. The van der Waals surface area contributed by atoms with Crippen molar-refractivity contribution < 1.29 is 4.79 Å². The van der Waals surface area contributed by atoms with E-state index in [0.717, 1.165) is 43.9 Å². The molecule has 0 unspecified atom stereocenters. The molecule has 2 aliphatic rings. The molecule has 4 rings (SSSR count). The van der Waals surface area contributed by atoms with Gasteiger partial charge in [0.1, 0.15) is 0 Å². The number of fused-ring (bicyclic) bond motifs is 1. The normalized spacial score (nSPS) is 17.6. The molecule has 1 N–H and O–H groups in total. The molecule has 0 aromatic heterocycles. The summed E-state index contributed by atoms with van der Waals surface area (Å²) < 4.78 is 0. The number of benzene rings is 2. The standard InChI is InChI=1S/C21H24ClN3O/c1-15-4-2-3-5-18(15)16-8-11-24(12-9-16)21(26)25-13-10-23-19-14-17(22)6-7-20(19)25/h2-7,14,16,23H,8-13H2,1H3. The van der Waals surface area contributed by atoms with Crippen LogP contribution in [0.5, 0.6) is 0 Å². The highest BCUT2D eigenvalue weighted by atomic mass is 35.5. The van der Waals surface area contributed by atoms with Gasteiger partial charge in [-0.05, 0) is 55.0 Å². The van der Waals surface area contributed by atoms with Gasteiger partial charge in [0.25, 0.3) is 0 Å². The van der Waals surface area contributed by atoms with Crippen LogP contribution in [0.25, 0.3) is 0 Å². The van der Waals surface area contributed by atoms with E-state index in [1.165, 1.54) is 11.1 Å². The average molecular weight is 370 g/mol. The number of nitrogens with zero attached hydrogens (tertiary/aromatic N) is 2. The number of aryl methyl sites for hydroxylation is 1. The molecule has 0 atom stereocenters. The number of carbonyl (C=O) groups is 1. The van der Waals surface area contributed by atoms with Crippen LogP contribution in [-0.4, -0.2) is 37.1 Å². The fourth-order valence-electron chi connectivity index (χ4n) is 4.10. The Morgan fingerprint density at radius 2 is 1.88 bits per heavy atom. The van der Waals surface area contributed by atoms with E-state index in [2.05, 4.69) is 36.5 Å². The quantitative estimate of drug-likeness (QED) is 0.777. The molecule has 4 nitrogen and oxygen atoms in total. The summed E-state index contributed by atoms with van der Waals surface area (Å²) in [5, 5.41) is 4.01. The Balaban J connectivity index is 1.46. The summed E-state index contributed by atoms with van der Waals surface area (Å²) in [6.07, 6.45) is 2.05. The molecular weight excluding hydrogens is 346 g/mol. The molecule has 2 aromatic carbocycles. The number of urea groups is 1. The molecule has 0 saturated carbocycles. The van der Waals surface area contributed by atoms with Gasteiger partial charge in [0.2, 0.25) is 0 Å². The van der Waals surface area contributed by atoms with Crippen LogP contribution in [0.3, 0.4) is 0 Å². The number of halogens is 1. The highest BCUT2D eigenvalue weighted by molar-refractivity contribution is 6.31. The first-order valence-corrected chi connectivity index (χ1v) is 9.66. The number of nitrogens with one attached hydrogen (secondary N) is 1. The molecule has 0 radical (unpaired) electrons. The van der Waals surface area contributed by atoms with Crippen molar-refractivity contribution >= 4 is 29.0 Å². The first-order valence-electron chi connectivity index (χ1n) is 9.29.